The molecule has 1 heterocycles. The van der Waals surface area contributed by atoms with Crippen molar-refractivity contribution in [1.29, 1.82) is 0 Å². The summed E-state index contributed by atoms with van der Waals surface area (Å²) in [5.41, 5.74) is 0. The van der Waals surface area contributed by atoms with Gasteiger partial charge in [0.25, 0.3) is 0 Å². The number of amides is 2. The molecule has 1 unspecified atom stereocenters. The van der Waals surface area contributed by atoms with Crippen molar-refractivity contribution in [3.8, 4) is 0 Å². The molecule has 1 aliphatic heterocycles. The topological polar surface area (TPSA) is 98.7 Å². The van der Waals surface area contributed by atoms with Crippen LogP contribution < -0.4 is 10.6 Å². The maximum absolute atomic E-state index is 11.8. The summed E-state index contributed by atoms with van der Waals surface area (Å²) in [6.45, 7) is 3.36. The molecule has 0 bridgehead atoms. The SMILES string of the molecule is CCNCC(=O)N1CCNC(=O)C1CC(=O)O. The lowest BCUT2D eigenvalue weighted by Crippen LogP contribution is -2.59. The minimum atomic E-state index is -1.09. The van der Waals surface area contributed by atoms with Crippen LogP contribution in [0.2, 0.25) is 0 Å². The average molecular weight is 243 g/mol. The standard InChI is InChI=1S/C10H17N3O4/c1-2-11-6-8(14)13-4-3-12-10(17)7(13)5-9(15)16/h7,11H,2-6H2,1H3,(H,12,17)(H,15,16). The van der Waals surface area contributed by atoms with Crippen LogP contribution in [0.3, 0.4) is 0 Å². The Hall–Kier alpha value is -1.63. The second kappa shape index (κ2) is 6.19. The van der Waals surface area contributed by atoms with Crippen LogP contribution in [0.15, 0.2) is 0 Å². The number of rotatable bonds is 5. The van der Waals surface area contributed by atoms with Gasteiger partial charge in [-0.1, -0.05) is 6.92 Å². The third-order valence-electron chi connectivity index (χ3n) is 2.55. The fourth-order valence-corrected chi connectivity index (χ4v) is 1.72. The van der Waals surface area contributed by atoms with Gasteiger partial charge in [-0.05, 0) is 6.54 Å². The predicted molar refractivity (Wildman–Crippen MR) is 59.3 cm³/mol. The van der Waals surface area contributed by atoms with Crippen molar-refractivity contribution in [2.24, 2.45) is 0 Å². The van der Waals surface area contributed by atoms with Crippen molar-refractivity contribution >= 4 is 17.8 Å². The summed E-state index contributed by atoms with van der Waals surface area (Å²) in [6, 6.07) is -0.896. The summed E-state index contributed by atoms with van der Waals surface area (Å²) in [5.74, 6) is -1.73. The quantitative estimate of drug-likeness (QED) is 0.540. The van der Waals surface area contributed by atoms with Crippen LogP contribution >= 0.6 is 0 Å². The van der Waals surface area contributed by atoms with E-state index in [-0.39, 0.29) is 18.9 Å². The van der Waals surface area contributed by atoms with E-state index in [2.05, 4.69) is 10.6 Å². The molecule has 0 aliphatic carbocycles. The zero-order valence-electron chi connectivity index (χ0n) is 9.73. The van der Waals surface area contributed by atoms with E-state index in [1.807, 2.05) is 6.92 Å². The zero-order chi connectivity index (χ0) is 12.8. The molecular weight excluding hydrogens is 226 g/mol. The molecule has 0 saturated carbocycles. The number of nitrogens with one attached hydrogen (secondary N) is 2. The predicted octanol–water partition coefficient (Wildman–Crippen LogP) is -1.60. The monoisotopic (exact) mass is 243 g/mol. The van der Waals surface area contributed by atoms with E-state index >= 15 is 0 Å². The van der Waals surface area contributed by atoms with E-state index in [0.717, 1.165) is 0 Å². The Morgan fingerprint density at radius 3 is 2.88 bits per heavy atom. The van der Waals surface area contributed by atoms with Crippen molar-refractivity contribution in [3.63, 3.8) is 0 Å². The van der Waals surface area contributed by atoms with E-state index in [4.69, 9.17) is 5.11 Å². The summed E-state index contributed by atoms with van der Waals surface area (Å²) < 4.78 is 0. The van der Waals surface area contributed by atoms with Gasteiger partial charge in [0.2, 0.25) is 11.8 Å². The Bertz CT molecular complexity index is 319. The first-order chi connectivity index (χ1) is 8.06. The lowest BCUT2D eigenvalue weighted by Gasteiger charge is -2.34. The van der Waals surface area contributed by atoms with E-state index < -0.39 is 17.9 Å². The molecule has 1 aliphatic rings. The molecule has 0 aromatic rings. The lowest BCUT2D eigenvalue weighted by atomic mass is 10.1. The van der Waals surface area contributed by atoms with Crippen molar-refractivity contribution in [3.05, 3.63) is 0 Å². The fraction of sp³-hybridized carbons (Fsp3) is 0.700. The van der Waals surface area contributed by atoms with Gasteiger partial charge in [0.05, 0.1) is 13.0 Å². The van der Waals surface area contributed by atoms with Crippen LogP contribution in [0.4, 0.5) is 0 Å². The molecule has 0 spiro atoms. The lowest BCUT2D eigenvalue weighted by molar-refractivity contribution is -0.148. The Labute approximate surface area is 99.2 Å². The first-order valence-corrected chi connectivity index (χ1v) is 5.56. The zero-order valence-corrected chi connectivity index (χ0v) is 9.73. The third kappa shape index (κ3) is 3.70. The first-order valence-electron chi connectivity index (χ1n) is 5.56. The summed E-state index contributed by atoms with van der Waals surface area (Å²) in [6.07, 6.45) is -0.357. The number of aliphatic carboxylic acids is 1. The molecule has 7 heteroatoms. The maximum atomic E-state index is 11.8. The summed E-state index contributed by atoms with van der Waals surface area (Å²) in [4.78, 5) is 35.3. The molecule has 2 amide bonds. The van der Waals surface area contributed by atoms with Crippen LogP contribution in [0.25, 0.3) is 0 Å². The largest absolute Gasteiger partial charge is 0.481 e. The number of nitrogens with zero attached hydrogens (tertiary/aromatic N) is 1. The molecule has 96 valence electrons. The van der Waals surface area contributed by atoms with Crippen molar-refractivity contribution in [1.82, 2.24) is 15.5 Å². The minimum absolute atomic E-state index is 0.125. The van der Waals surface area contributed by atoms with Gasteiger partial charge in [0.1, 0.15) is 6.04 Å². The van der Waals surface area contributed by atoms with Gasteiger partial charge in [-0.15, -0.1) is 0 Å². The van der Waals surface area contributed by atoms with Crippen LogP contribution in [0.1, 0.15) is 13.3 Å². The number of hydrogen-bond donors (Lipinski definition) is 3. The first kappa shape index (κ1) is 13.4. The number of carbonyl (C=O) groups is 3. The van der Waals surface area contributed by atoms with E-state index in [0.29, 0.717) is 19.6 Å². The third-order valence-corrected chi connectivity index (χ3v) is 2.55. The van der Waals surface area contributed by atoms with Gasteiger partial charge < -0.3 is 20.6 Å². The number of carboxylic acid groups (broad SMARTS) is 1. The highest BCUT2D eigenvalue weighted by atomic mass is 16.4. The van der Waals surface area contributed by atoms with Crippen LogP contribution in [0.5, 0.6) is 0 Å². The molecular formula is C10H17N3O4. The average Bonchev–Trinajstić information content (AvgIpc) is 2.28. The molecule has 17 heavy (non-hydrogen) atoms. The molecule has 1 rings (SSSR count). The molecule has 0 radical (unpaired) electrons. The minimum Gasteiger partial charge on any atom is -0.481 e. The Morgan fingerprint density at radius 1 is 1.59 bits per heavy atom. The molecule has 3 N–H and O–H groups in total. The summed E-state index contributed by atoms with van der Waals surface area (Å²) in [7, 11) is 0. The fourth-order valence-electron chi connectivity index (χ4n) is 1.72. The van der Waals surface area contributed by atoms with Crippen LogP contribution in [-0.2, 0) is 14.4 Å². The second-order valence-electron chi connectivity index (χ2n) is 3.77. The highest BCUT2D eigenvalue weighted by Gasteiger charge is 2.34. The van der Waals surface area contributed by atoms with Gasteiger partial charge in [-0.25, -0.2) is 0 Å². The highest BCUT2D eigenvalue weighted by molar-refractivity contribution is 5.92. The number of carboxylic acids is 1. The van der Waals surface area contributed by atoms with Crippen LogP contribution in [0, 0.1) is 0 Å². The van der Waals surface area contributed by atoms with Crippen molar-refractivity contribution in [2.45, 2.75) is 19.4 Å². The molecule has 1 saturated heterocycles. The maximum Gasteiger partial charge on any atom is 0.305 e. The highest BCUT2D eigenvalue weighted by Crippen LogP contribution is 2.09. The number of hydrogen-bond acceptors (Lipinski definition) is 4. The van der Waals surface area contributed by atoms with E-state index in [1.165, 1.54) is 4.90 Å². The number of likely N-dealkylation sites (N-methyl/N-ethyl adjacent to an activating group) is 1. The van der Waals surface area contributed by atoms with E-state index in [9.17, 15) is 14.4 Å². The Kier molecular flexibility index (Phi) is 4.89. The number of carbonyl (C=O) groups excluding carboxylic acids is 2. The van der Waals surface area contributed by atoms with Gasteiger partial charge in [-0.2, -0.15) is 0 Å². The van der Waals surface area contributed by atoms with Gasteiger partial charge in [0, 0.05) is 13.1 Å². The molecule has 0 aromatic heterocycles. The van der Waals surface area contributed by atoms with E-state index in [1.54, 1.807) is 0 Å². The summed E-state index contributed by atoms with van der Waals surface area (Å²) >= 11 is 0. The molecule has 7 nitrogen and oxygen atoms in total. The normalized spacial score (nSPS) is 19.9. The molecule has 1 atom stereocenters. The molecule has 1 fully saturated rings. The van der Waals surface area contributed by atoms with Crippen LogP contribution in [-0.4, -0.2) is 60.0 Å². The smallest absolute Gasteiger partial charge is 0.305 e. The second-order valence-corrected chi connectivity index (χ2v) is 3.77. The molecule has 0 aromatic carbocycles. The van der Waals surface area contributed by atoms with Gasteiger partial charge in [-0.3, -0.25) is 14.4 Å². The van der Waals surface area contributed by atoms with Crippen molar-refractivity contribution < 1.29 is 19.5 Å². The van der Waals surface area contributed by atoms with Gasteiger partial charge >= 0.3 is 5.97 Å². The van der Waals surface area contributed by atoms with Gasteiger partial charge in [0.15, 0.2) is 0 Å². The summed E-state index contributed by atoms with van der Waals surface area (Å²) in [5, 5.41) is 14.2. The van der Waals surface area contributed by atoms with Crippen molar-refractivity contribution in [2.75, 3.05) is 26.2 Å². The Morgan fingerprint density at radius 2 is 2.29 bits per heavy atom. The Balaban J connectivity index is 2.67. The number of piperazine rings is 1.